The summed E-state index contributed by atoms with van der Waals surface area (Å²) in [6, 6.07) is 3.72. The number of hydrogen-bond acceptors (Lipinski definition) is 5. The van der Waals surface area contributed by atoms with E-state index in [-0.39, 0.29) is 11.7 Å². The molecule has 1 aliphatic carbocycles. The van der Waals surface area contributed by atoms with E-state index in [2.05, 4.69) is 38.3 Å². The molecule has 0 aromatic carbocycles. The fraction of sp³-hybridized carbons (Fsp3) is 0.346. The van der Waals surface area contributed by atoms with Gasteiger partial charge in [-0.3, -0.25) is 9.98 Å². The third kappa shape index (κ3) is 5.30. The number of halogens is 1. The highest BCUT2D eigenvalue weighted by atomic mass is 19.1. The summed E-state index contributed by atoms with van der Waals surface area (Å²) in [5.74, 6) is 0.213. The average Bonchev–Trinajstić information content (AvgIpc) is 3.15. The molecule has 6 nitrogen and oxygen atoms in total. The lowest BCUT2D eigenvalue weighted by Crippen LogP contribution is -2.08. The highest BCUT2D eigenvalue weighted by molar-refractivity contribution is 5.74. The van der Waals surface area contributed by atoms with Gasteiger partial charge >= 0.3 is 0 Å². The smallest absolute Gasteiger partial charge is 0.193 e. The van der Waals surface area contributed by atoms with E-state index >= 15 is 4.39 Å². The minimum atomic E-state index is -1.42. The molecule has 0 fully saturated rings. The molecule has 7 heteroatoms. The molecule has 0 saturated carbocycles. The fourth-order valence-corrected chi connectivity index (χ4v) is 3.82. The summed E-state index contributed by atoms with van der Waals surface area (Å²) in [6.45, 7) is 6.13. The quantitative estimate of drug-likeness (QED) is 0.394. The lowest BCUT2D eigenvalue weighted by molar-refractivity contribution is 0.365. The van der Waals surface area contributed by atoms with Crippen molar-refractivity contribution in [2.45, 2.75) is 58.5 Å². The average molecular weight is 445 g/mol. The number of rotatable bonds is 6. The Balaban J connectivity index is 1.67. The summed E-state index contributed by atoms with van der Waals surface area (Å²) in [5.41, 5.74) is 5.18. The van der Waals surface area contributed by atoms with Crippen LogP contribution in [-0.4, -0.2) is 32.2 Å². The highest BCUT2D eigenvalue weighted by Crippen LogP contribution is 2.33. The normalized spacial score (nSPS) is 20.4. The number of aliphatic imine (C=N–C) groups is 2. The van der Waals surface area contributed by atoms with Crippen LogP contribution < -0.4 is 0 Å². The zero-order chi connectivity index (χ0) is 23.2. The van der Waals surface area contributed by atoms with Crippen LogP contribution in [0.4, 0.5) is 4.39 Å². The van der Waals surface area contributed by atoms with Gasteiger partial charge in [-0.2, -0.15) is 9.61 Å². The Kier molecular flexibility index (Phi) is 7.17. The van der Waals surface area contributed by atoms with Crippen LogP contribution in [0.5, 0.6) is 0 Å². The van der Waals surface area contributed by atoms with Crippen LogP contribution in [0.3, 0.4) is 0 Å². The lowest BCUT2D eigenvalue weighted by Gasteiger charge is -2.15. The number of allylic oxidation sites excluding steroid dienone is 8. The van der Waals surface area contributed by atoms with E-state index in [0.717, 1.165) is 36.2 Å². The SMILES string of the molecule is CCC=N/C=C\C(C)c1ccc2nnc(C(F)/C3=C/C4=C(CC=CC3)N=CC=C(C)C4)n2n1. The Morgan fingerprint density at radius 1 is 1.21 bits per heavy atom. The molecule has 4 rings (SSSR count). The molecule has 0 spiro atoms. The standard InChI is InChI=1S/C26H29FN6/c1-4-13-28-14-12-19(3)22-9-10-24-30-31-26(33(24)32-22)25(27)20-7-5-6-8-23-21(17-20)16-18(2)11-15-29-23/h5-6,9-15,17,19,25H,4,7-8,16H2,1-3H3/b6-5?,14-12-,20-17+,28-13?. The Labute approximate surface area is 193 Å². The molecule has 0 bridgehead atoms. The summed E-state index contributed by atoms with van der Waals surface area (Å²) in [5, 5.41) is 13.0. The van der Waals surface area contributed by atoms with Gasteiger partial charge in [0.05, 0.1) is 5.69 Å². The van der Waals surface area contributed by atoms with Gasteiger partial charge in [0.2, 0.25) is 0 Å². The zero-order valence-corrected chi connectivity index (χ0v) is 19.3. The molecule has 0 amide bonds. The minimum Gasteiger partial charge on any atom is -0.269 e. The van der Waals surface area contributed by atoms with Gasteiger partial charge in [-0.25, -0.2) is 4.39 Å². The van der Waals surface area contributed by atoms with Gasteiger partial charge < -0.3 is 0 Å². The summed E-state index contributed by atoms with van der Waals surface area (Å²) < 4.78 is 17.4. The van der Waals surface area contributed by atoms with Crippen molar-refractivity contribution < 1.29 is 4.39 Å². The topological polar surface area (TPSA) is 67.8 Å². The molecule has 0 radical (unpaired) electrons. The Morgan fingerprint density at radius 3 is 2.91 bits per heavy atom. The first-order chi connectivity index (χ1) is 16.1. The largest absolute Gasteiger partial charge is 0.269 e. The number of hydrogen-bond donors (Lipinski definition) is 0. The van der Waals surface area contributed by atoms with Gasteiger partial charge in [0.15, 0.2) is 17.6 Å². The van der Waals surface area contributed by atoms with Crippen LogP contribution in [0.2, 0.25) is 0 Å². The van der Waals surface area contributed by atoms with Crippen LogP contribution in [-0.2, 0) is 0 Å². The summed E-state index contributed by atoms with van der Waals surface area (Å²) in [4.78, 5) is 8.79. The van der Waals surface area contributed by atoms with Gasteiger partial charge in [-0.15, -0.1) is 10.2 Å². The first kappa shape index (κ1) is 22.7. The van der Waals surface area contributed by atoms with Crippen LogP contribution >= 0.6 is 0 Å². The molecule has 3 heterocycles. The van der Waals surface area contributed by atoms with Gasteiger partial charge in [0.25, 0.3) is 0 Å². The number of aromatic nitrogens is 4. The number of fused-ring (bicyclic) bond motifs is 1. The van der Waals surface area contributed by atoms with Crippen molar-refractivity contribution in [3.05, 3.63) is 82.6 Å². The van der Waals surface area contributed by atoms with Crippen LogP contribution in [0.1, 0.15) is 70.1 Å². The van der Waals surface area contributed by atoms with Gasteiger partial charge in [0, 0.05) is 36.7 Å². The van der Waals surface area contributed by atoms with E-state index in [1.165, 1.54) is 10.1 Å². The van der Waals surface area contributed by atoms with E-state index in [4.69, 9.17) is 0 Å². The van der Waals surface area contributed by atoms with Crippen molar-refractivity contribution in [1.82, 2.24) is 19.8 Å². The van der Waals surface area contributed by atoms with Crippen molar-refractivity contribution in [3.63, 3.8) is 0 Å². The molecule has 33 heavy (non-hydrogen) atoms. The predicted octanol–water partition coefficient (Wildman–Crippen LogP) is 6.18. The first-order valence-corrected chi connectivity index (χ1v) is 11.4. The zero-order valence-electron chi connectivity index (χ0n) is 19.3. The maximum absolute atomic E-state index is 15.9. The molecule has 0 saturated heterocycles. The molecule has 1 aliphatic heterocycles. The number of alkyl halides is 1. The summed E-state index contributed by atoms with van der Waals surface area (Å²) in [6.07, 6.45) is 16.9. The maximum Gasteiger partial charge on any atom is 0.193 e. The van der Waals surface area contributed by atoms with E-state index in [0.29, 0.717) is 17.6 Å². The third-order valence-corrected chi connectivity index (χ3v) is 5.70. The van der Waals surface area contributed by atoms with Gasteiger partial charge in [-0.05, 0) is 55.5 Å². The van der Waals surface area contributed by atoms with Crippen LogP contribution in [0.15, 0.2) is 81.1 Å². The predicted molar refractivity (Wildman–Crippen MR) is 131 cm³/mol. The molecule has 2 aromatic heterocycles. The molecule has 2 atom stereocenters. The van der Waals surface area contributed by atoms with Gasteiger partial charge in [-0.1, -0.05) is 43.7 Å². The molecule has 2 aliphatic rings. The van der Waals surface area contributed by atoms with Crippen molar-refractivity contribution in [2.75, 3.05) is 0 Å². The summed E-state index contributed by atoms with van der Waals surface area (Å²) in [7, 11) is 0. The molecule has 0 N–H and O–H groups in total. The van der Waals surface area contributed by atoms with E-state index in [1.54, 1.807) is 6.20 Å². The maximum atomic E-state index is 15.9. The van der Waals surface area contributed by atoms with E-state index < -0.39 is 6.17 Å². The Hall–Kier alpha value is -3.48. The lowest BCUT2D eigenvalue weighted by atomic mass is 9.95. The Morgan fingerprint density at radius 2 is 2.06 bits per heavy atom. The second-order valence-electron chi connectivity index (χ2n) is 8.36. The number of nitrogens with zero attached hydrogens (tertiary/aromatic N) is 6. The van der Waals surface area contributed by atoms with E-state index in [9.17, 15) is 0 Å². The molecular formula is C26H29FN6. The molecule has 2 unspecified atom stereocenters. The first-order valence-electron chi connectivity index (χ1n) is 11.4. The van der Waals surface area contributed by atoms with Crippen molar-refractivity contribution >= 4 is 18.1 Å². The van der Waals surface area contributed by atoms with Crippen LogP contribution in [0.25, 0.3) is 5.65 Å². The third-order valence-electron chi connectivity index (χ3n) is 5.70. The molecule has 170 valence electrons. The fourth-order valence-electron chi connectivity index (χ4n) is 3.82. The van der Waals surface area contributed by atoms with Crippen molar-refractivity contribution in [2.24, 2.45) is 9.98 Å². The van der Waals surface area contributed by atoms with Gasteiger partial charge in [0.1, 0.15) is 0 Å². The Bertz CT molecular complexity index is 1220. The second-order valence-corrected chi connectivity index (χ2v) is 8.36. The molecular weight excluding hydrogens is 415 g/mol. The minimum absolute atomic E-state index is 0.0200. The van der Waals surface area contributed by atoms with Crippen molar-refractivity contribution in [1.29, 1.82) is 0 Å². The van der Waals surface area contributed by atoms with E-state index in [1.807, 2.05) is 62.7 Å². The highest BCUT2D eigenvalue weighted by Gasteiger charge is 2.24. The van der Waals surface area contributed by atoms with Crippen molar-refractivity contribution in [3.8, 4) is 0 Å². The molecule has 2 aromatic rings. The second kappa shape index (κ2) is 10.4. The monoisotopic (exact) mass is 444 g/mol. The summed E-state index contributed by atoms with van der Waals surface area (Å²) >= 11 is 0. The van der Waals surface area contributed by atoms with Crippen LogP contribution in [0, 0.1) is 0 Å².